The van der Waals surface area contributed by atoms with Crippen LogP contribution in [0, 0.1) is 0 Å². The zero-order chi connectivity index (χ0) is 53.2. The van der Waals surface area contributed by atoms with Gasteiger partial charge in [0.1, 0.15) is 140 Å². The molecule has 2 amide bonds. The first-order chi connectivity index (χ1) is 34.0. The van der Waals surface area contributed by atoms with Gasteiger partial charge in [0.2, 0.25) is 11.8 Å². The lowest BCUT2D eigenvalue weighted by Gasteiger charge is -2.51. The van der Waals surface area contributed by atoms with E-state index >= 15 is 0 Å². The molecule has 0 bridgehead atoms. The summed E-state index contributed by atoms with van der Waals surface area (Å²) in [5.74, 6) is -1.58. The molecule has 0 aromatic carbocycles. The van der Waals surface area contributed by atoms with E-state index in [9.17, 15) is 96.4 Å². The highest BCUT2D eigenvalue weighted by Crippen LogP contribution is 2.37. The summed E-state index contributed by atoms with van der Waals surface area (Å²) < 4.78 is 63.9. The van der Waals surface area contributed by atoms with Gasteiger partial charge in [-0.25, -0.2) is 0 Å². The van der Waals surface area contributed by atoms with E-state index in [-0.39, 0.29) is 0 Å². The molecule has 0 spiro atoms. The molecule has 6 heterocycles. The van der Waals surface area contributed by atoms with Crippen molar-refractivity contribution in [1.82, 2.24) is 10.6 Å². The Balaban J connectivity index is 1.29. The van der Waals surface area contributed by atoms with Crippen LogP contribution in [0.25, 0.3) is 0 Å². The van der Waals surface area contributed by atoms with Gasteiger partial charge < -0.3 is 150 Å². The van der Waals surface area contributed by atoms with Gasteiger partial charge in [0, 0.05) is 13.8 Å². The van der Waals surface area contributed by atoms with Gasteiger partial charge in [-0.15, -0.1) is 0 Å². The topological polar surface area (TPSA) is 504 Å². The Bertz CT molecular complexity index is 1730. The zero-order valence-electron chi connectivity index (χ0n) is 38.8. The Labute approximate surface area is 408 Å². The molecule has 6 aliphatic heterocycles. The number of hydrogen-bond donors (Lipinski definition) is 19. The summed E-state index contributed by atoms with van der Waals surface area (Å²) in [6, 6.07) is -3.33. The smallest absolute Gasteiger partial charge is 0.217 e. The fourth-order valence-electron chi connectivity index (χ4n) is 9.14. The Morgan fingerprint density at radius 3 is 1.33 bits per heavy atom. The summed E-state index contributed by atoms with van der Waals surface area (Å²) in [7, 11) is 0. The van der Waals surface area contributed by atoms with Gasteiger partial charge >= 0.3 is 0 Å². The second-order valence-electron chi connectivity index (χ2n) is 18.3. The van der Waals surface area contributed by atoms with Crippen LogP contribution in [0.4, 0.5) is 0 Å². The van der Waals surface area contributed by atoms with E-state index in [0.717, 1.165) is 13.8 Å². The van der Waals surface area contributed by atoms with Crippen molar-refractivity contribution in [2.24, 2.45) is 0 Å². The third-order valence-electron chi connectivity index (χ3n) is 13.2. The van der Waals surface area contributed by atoms with Crippen molar-refractivity contribution in [3.8, 4) is 0 Å². The molecule has 32 nitrogen and oxygen atoms in total. The maximum atomic E-state index is 13.0. The SMILES string of the molecule is CC(=O)N[C@H]1[C@H](O[C@@H]2[C@@H](OC[C@H]3O[C@@H](O[C@H]4[C@H](O)[C@@H](NC(C)=O)C(O)O[C@@H]4CO)[C@@H](O)[C@@H](O)[C@@H]3O)O[C@H](CO)[C@@H](O)[C@@H]2O)O[C@H](CO)[C@@H](O[C@@H]2O[C@H](CO)[C@H](O)[C@H](O)[C@H]2O)[C@@H]1O[C@@H]1O[C@@H](C)[C@@H](O)[C@@H](O)[C@@H]1O. The van der Waals surface area contributed by atoms with Crippen molar-refractivity contribution in [3.05, 3.63) is 0 Å². The van der Waals surface area contributed by atoms with Crippen LogP contribution in [0.1, 0.15) is 20.8 Å². The highest BCUT2D eigenvalue weighted by atomic mass is 16.8. The maximum Gasteiger partial charge on any atom is 0.217 e. The van der Waals surface area contributed by atoms with Crippen molar-refractivity contribution in [2.45, 2.75) is 205 Å². The number of rotatable bonds is 17. The number of hydrogen-bond acceptors (Lipinski definition) is 30. The molecule has 0 aromatic rings. The lowest BCUT2D eigenvalue weighted by molar-refractivity contribution is -0.391. The van der Waals surface area contributed by atoms with Gasteiger partial charge in [-0.05, 0) is 6.92 Å². The highest BCUT2D eigenvalue weighted by Gasteiger charge is 2.58. The van der Waals surface area contributed by atoms with E-state index in [1.165, 1.54) is 6.92 Å². The lowest BCUT2D eigenvalue weighted by atomic mass is 9.93. The van der Waals surface area contributed by atoms with E-state index < -0.39 is 229 Å². The molecule has 72 heavy (non-hydrogen) atoms. The summed E-state index contributed by atoms with van der Waals surface area (Å²) in [6.45, 7) is -1.34. The molecule has 6 aliphatic rings. The lowest BCUT2D eigenvalue weighted by Crippen LogP contribution is -2.71. The molecule has 6 fully saturated rings. The molecule has 0 aliphatic carbocycles. The fourth-order valence-corrected chi connectivity index (χ4v) is 9.14. The second kappa shape index (κ2) is 25.3. The molecule has 0 aromatic heterocycles. The van der Waals surface area contributed by atoms with E-state index in [1.54, 1.807) is 0 Å². The summed E-state index contributed by atoms with van der Waals surface area (Å²) in [5.41, 5.74) is 0. The molecule has 0 saturated carbocycles. The average molecular weight is 1060 g/mol. The standard InChI is InChI=1S/C40H68N2O30/c1-9-19(49)24(54)28(58)37(63-9)71-33-18(42-11(3)48)36(67-15(7-46)32(33)70-38-29(59)25(55)20(50)12(4-43)65-38)72-34-27(57)21(51)13(5-44)66-40(34)62-8-16-22(52)26(56)30(60)39(68-16)69-31-14(6-45)64-35(61)17(23(31)53)41-10(2)47/h9,12-40,43-46,49-61H,4-8H2,1-3H3,(H,41,47)(H,42,48)/t9-,12+,13+,14+,15+,16+,17+,18+,19+,20-,21+,22+,23+,24+,25-,26-,27-,28-,29+,30-,31+,32+,33+,34-,35?,36-,37-,38-,39-,40-/m0/s1. The van der Waals surface area contributed by atoms with E-state index in [4.69, 9.17) is 52.1 Å². The first-order valence-electron chi connectivity index (χ1n) is 23.0. The van der Waals surface area contributed by atoms with Crippen LogP contribution in [0.15, 0.2) is 0 Å². The van der Waals surface area contributed by atoms with Gasteiger partial charge in [-0.1, -0.05) is 0 Å². The quantitative estimate of drug-likeness (QED) is 0.0643. The van der Waals surface area contributed by atoms with Gasteiger partial charge in [0.05, 0.1) is 39.1 Å². The molecule has 6 saturated heterocycles. The molecule has 0 radical (unpaired) electrons. The van der Waals surface area contributed by atoms with Crippen molar-refractivity contribution in [3.63, 3.8) is 0 Å². The minimum absolute atomic E-state index is 0.709. The van der Waals surface area contributed by atoms with Crippen molar-refractivity contribution in [2.75, 3.05) is 33.0 Å². The summed E-state index contributed by atoms with van der Waals surface area (Å²) in [4.78, 5) is 24.8. The molecular formula is C40H68N2O30. The molecule has 19 N–H and O–H groups in total. The number of aliphatic hydroxyl groups is 17. The summed E-state index contributed by atoms with van der Waals surface area (Å²) >= 11 is 0. The monoisotopic (exact) mass is 1060 g/mol. The molecular weight excluding hydrogens is 988 g/mol. The predicted molar refractivity (Wildman–Crippen MR) is 221 cm³/mol. The minimum atomic E-state index is -2.13. The zero-order valence-corrected chi connectivity index (χ0v) is 38.8. The number of ether oxygens (including phenoxy) is 11. The van der Waals surface area contributed by atoms with E-state index in [0.29, 0.717) is 0 Å². The van der Waals surface area contributed by atoms with Crippen LogP contribution in [-0.2, 0) is 61.7 Å². The van der Waals surface area contributed by atoms with Crippen molar-refractivity contribution < 1.29 is 149 Å². The molecule has 1 unspecified atom stereocenters. The first kappa shape index (κ1) is 59.1. The summed E-state index contributed by atoms with van der Waals surface area (Å²) in [6.07, 6.45) is -52.2. The number of nitrogens with one attached hydrogen (secondary N) is 2. The Morgan fingerprint density at radius 1 is 0.389 bits per heavy atom. The van der Waals surface area contributed by atoms with E-state index in [1.807, 2.05) is 0 Å². The van der Waals surface area contributed by atoms with Crippen molar-refractivity contribution >= 4 is 11.8 Å². The highest BCUT2D eigenvalue weighted by molar-refractivity contribution is 5.73. The summed E-state index contributed by atoms with van der Waals surface area (Å²) in [5, 5.41) is 186. The maximum absolute atomic E-state index is 13.0. The Kier molecular flexibility index (Phi) is 20.8. The normalized spacial score (nSPS) is 50.3. The first-order valence-corrected chi connectivity index (χ1v) is 23.0. The molecule has 32 heteroatoms. The van der Waals surface area contributed by atoms with Crippen molar-refractivity contribution in [1.29, 1.82) is 0 Å². The predicted octanol–water partition coefficient (Wildman–Crippen LogP) is -12.8. The second-order valence-corrected chi connectivity index (χ2v) is 18.3. The minimum Gasteiger partial charge on any atom is -0.394 e. The van der Waals surface area contributed by atoms with E-state index in [2.05, 4.69) is 10.6 Å². The molecule has 30 atom stereocenters. The van der Waals surface area contributed by atoms with Gasteiger partial charge in [0.15, 0.2) is 37.7 Å². The number of aliphatic hydroxyl groups excluding tert-OH is 17. The van der Waals surface area contributed by atoms with Crippen LogP contribution >= 0.6 is 0 Å². The largest absolute Gasteiger partial charge is 0.394 e. The average Bonchev–Trinajstić information content (AvgIpc) is 3.34. The number of amides is 2. The third kappa shape index (κ3) is 12.6. The number of carbonyl (C=O) groups excluding carboxylic acids is 2. The fraction of sp³-hybridized carbons (Fsp3) is 0.950. The molecule has 418 valence electrons. The Hall–Kier alpha value is -2.18. The van der Waals surface area contributed by atoms with Crippen LogP contribution in [0.3, 0.4) is 0 Å². The Morgan fingerprint density at radius 2 is 0.792 bits per heavy atom. The third-order valence-corrected chi connectivity index (χ3v) is 13.2. The van der Waals surface area contributed by atoms with Gasteiger partial charge in [-0.2, -0.15) is 0 Å². The van der Waals surface area contributed by atoms with Crippen LogP contribution in [-0.4, -0.2) is 316 Å². The number of carbonyl (C=O) groups is 2. The van der Waals surface area contributed by atoms with Crippen LogP contribution in [0.5, 0.6) is 0 Å². The van der Waals surface area contributed by atoms with Gasteiger partial charge in [0.25, 0.3) is 0 Å². The van der Waals surface area contributed by atoms with Crippen LogP contribution < -0.4 is 10.6 Å². The van der Waals surface area contributed by atoms with Gasteiger partial charge in [-0.3, -0.25) is 9.59 Å². The molecule has 6 rings (SSSR count). The van der Waals surface area contributed by atoms with Crippen LogP contribution in [0.2, 0.25) is 0 Å².